The second-order valence-corrected chi connectivity index (χ2v) is 13.4. The van der Waals surface area contributed by atoms with Crippen LogP contribution in [0, 0.1) is 0 Å². The fraction of sp³-hybridized carbons (Fsp3) is 0.114. The molecule has 7 aromatic rings. The number of fused-ring (bicyclic) bond motifs is 4. The molecule has 0 saturated heterocycles. The minimum Gasteiger partial charge on any atom is -0.504 e. The van der Waals surface area contributed by atoms with Crippen molar-refractivity contribution in [2.75, 3.05) is 19.0 Å². The van der Waals surface area contributed by atoms with Crippen molar-refractivity contribution in [3.63, 3.8) is 0 Å². The topological polar surface area (TPSA) is 130 Å². The molecule has 1 heterocycles. The Kier molecular flexibility index (Phi) is 8.58. The lowest BCUT2D eigenvalue weighted by molar-refractivity contribution is 0.241. The normalized spacial score (nSPS) is 14.8. The van der Waals surface area contributed by atoms with E-state index in [0.717, 1.165) is 49.7 Å². The Morgan fingerprint density at radius 1 is 0.755 bits per heavy atom. The Hall–Kier alpha value is -6.55. The molecule has 8 rings (SSSR count). The van der Waals surface area contributed by atoms with E-state index in [9.17, 15) is 20.4 Å². The number of ether oxygens (including phenoxy) is 1. The molecule has 9 heteroatoms. The van der Waals surface area contributed by atoms with Gasteiger partial charge in [0.1, 0.15) is 0 Å². The predicted octanol–water partition coefficient (Wildman–Crippen LogP) is 8.57. The molecule has 2 atom stereocenters. The van der Waals surface area contributed by atoms with Crippen molar-refractivity contribution < 1.29 is 25.2 Å². The molecule has 2 unspecified atom stereocenters. The van der Waals surface area contributed by atoms with Crippen molar-refractivity contribution >= 4 is 33.9 Å². The lowest BCUT2D eigenvalue weighted by atomic mass is 9.86. The van der Waals surface area contributed by atoms with E-state index in [1.54, 1.807) is 6.07 Å². The molecule has 0 aromatic heterocycles. The molecule has 1 aliphatic rings. The van der Waals surface area contributed by atoms with E-state index in [2.05, 4.69) is 77.8 Å². The average Bonchev–Trinajstić information content (AvgIpc) is 3.64. The SMILES string of the molecule is C=NC(NCN(C)Cc1ccccc1)(c1ccc2cc(-c3cc(O)c(O)c(O)c3O)ccc2c1)c1ccccc1C1Nc2ccc3ccccc3c2O1. The summed E-state index contributed by atoms with van der Waals surface area (Å²) < 4.78 is 6.70. The maximum atomic E-state index is 10.6. The first-order valence-electron chi connectivity index (χ1n) is 17.3. The van der Waals surface area contributed by atoms with Crippen LogP contribution in [0.5, 0.6) is 28.7 Å². The lowest BCUT2D eigenvalue weighted by Gasteiger charge is -2.36. The molecular formula is C44H38N4O5. The molecule has 0 saturated carbocycles. The van der Waals surface area contributed by atoms with Crippen LogP contribution in [-0.4, -0.2) is 45.8 Å². The van der Waals surface area contributed by atoms with Crippen LogP contribution in [0.4, 0.5) is 5.69 Å². The zero-order valence-corrected chi connectivity index (χ0v) is 29.0. The number of aromatic hydroxyl groups is 4. The number of phenolic OH excluding ortho intramolecular Hbond substituents is 4. The van der Waals surface area contributed by atoms with Gasteiger partial charge in [-0.3, -0.25) is 15.2 Å². The molecule has 53 heavy (non-hydrogen) atoms. The van der Waals surface area contributed by atoms with E-state index in [1.165, 1.54) is 11.6 Å². The minimum atomic E-state index is -1.12. The van der Waals surface area contributed by atoms with Crippen LogP contribution in [-0.2, 0) is 12.2 Å². The zero-order valence-electron chi connectivity index (χ0n) is 29.0. The number of aliphatic imine (C=N–C) groups is 1. The lowest BCUT2D eigenvalue weighted by Crippen LogP contribution is -2.47. The van der Waals surface area contributed by atoms with Crippen LogP contribution in [0.25, 0.3) is 32.7 Å². The Morgan fingerprint density at radius 3 is 2.30 bits per heavy atom. The van der Waals surface area contributed by atoms with Crippen molar-refractivity contribution in [1.82, 2.24) is 10.2 Å². The maximum absolute atomic E-state index is 10.6. The summed E-state index contributed by atoms with van der Waals surface area (Å²) in [6.07, 6.45) is -0.495. The van der Waals surface area contributed by atoms with Gasteiger partial charge >= 0.3 is 0 Å². The van der Waals surface area contributed by atoms with Gasteiger partial charge in [0.2, 0.25) is 11.5 Å². The molecule has 0 bridgehead atoms. The van der Waals surface area contributed by atoms with Crippen LogP contribution in [0.15, 0.2) is 138 Å². The zero-order chi connectivity index (χ0) is 36.7. The molecule has 9 nitrogen and oxygen atoms in total. The molecule has 0 radical (unpaired) electrons. The first-order valence-corrected chi connectivity index (χ1v) is 17.3. The molecule has 0 amide bonds. The fourth-order valence-electron chi connectivity index (χ4n) is 7.25. The van der Waals surface area contributed by atoms with Gasteiger partial charge in [0, 0.05) is 28.6 Å². The summed E-state index contributed by atoms with van der Waals surface area (Å²) in [6.45, 7) is 5.36. The van der Waals surface area contributed by atoms with Crippen molar-refractivity contribution in [3.05, 3.63) is 156 Å². The summed E-state index contributed by atoms with van der Waals surface area (Å²) in [4.78, 5) is 7.08. The molecular weight excluding hydrogens is 665 g/mol. The number of hydrogen-bond acceptors (Lipinski definition) is 9. The number of nitrogens with zero attached hydrogens (tertiary/aromatic N) is 2. The molecule has 6 N–H and O–H groups in total. The third-order valence-corrected chi connectivity index (χ3v) is 9.97. The van der Waals surface area contributed by atoms with E-state index in [0.29, 0.717) is 18.8 Å². The highest BCUT2D eigenvalue weighted by Gasteiger charge is 2.38. The fourth-order valence-corrected chi connectivity index (χ4v) is 7.25. The third kappa shape index (κ3) is 6.01. The summed E-state index contributed by atoms with van der Waals surface area (Å²) in [5.74, 6) is -1.81. The van der Waals surface area contributed by atoms with Gasteiger partial charge in [-0.25, -0.2) is 0 Å². The van der Waals surface area contributed by atoms with E-state index in [4.69, 9.17) is 9.73 Å². The molecule has 0 fully saturated rings. The standard InChI is InChI=1S/C44H38N4O5/c1-45-44(46-26-48(2)25-27-10-4-3-5-11-27,32-20-18-29-22-31(17-16-30(29)23-32)35-24-38(49)40(51)41(52)39(35)50)36-15-9-8-14-34(36)43-47-37-21-19-28-12-6-7-13-33(28)42(37)53-43/h3-24,43,46-47,49-52H,1,25-26H2,2H3. The first-order chi connectivity index (χ1) is 25.8. The smallest absolute Gasteiger partial charge is 0.204 e. The summed E-state index contributed by atoms with van der Waals surface area (Å²) in [7, 11) is 2.05. The Morgan fingerprint density at radius 2 is 1.47 bits per heavy atom. The average molecular weight is 703 g/mol. The number of phenols is 4. The predicted molar refractivity (Wildman–Crippen MR) is 210 cm³/mol. The van der Waals surface area contributed by atoms with Crippen LogP contribution < -0.4 is 15.4 Å². The van der Waals surface area contributed by atoms with E-state index >= 15 is 0 Å². The third-order valence-electron chi connectivity index (χ3n) is 9.97. The molecule has 7 aromatic carbocycles. The second-order valence-electron chi connectivity index (χ2n) is 13.4. The van der Waals surface area contributed by atoms with Crippen LogP contribution in [0.1, 0.15) is 28.5 Å². The Labute approximate surface area is 306 Å². The Bertz CT molecular complexity index is 2510. The van der Waals surface area contributed by atoms with Crippen molar-refractivity contribution in [1.29, 1.82) is 0 Å². The van der Waals surface area contributed by atoms with Gasteiger partial charge in [-0.1, -0.05) is 109 Å². The minimum absolute atomic E-state index is 0.181. The highest BCUT2D eigenvalue weighted by molar-refractivity contribution is 5.94. The quantitative estimate of drug-likeness (QED) is 0.0362. The van der Waals surface area contributed by atoms with E-state index < -0.39 is 34.9 Å². The van der Waals surface area contributed by atoms with Crippen LogP contribution in [0.2, 0.25) is 0 Å². The van der Waals surface area contributed by atoms with Crippen molar-refractivity contribution in [2.45, 2.75) is 18.4 Å². The highest BCUT2D eigenvalue weighted by Crippen LogP contribution is 2.49. The largest absolute Gasteiger partial charge is 0.504 e. The van der Waals surface area contributed by atoms with Gasteiger partial charge in [0.15, 0.2) is 29.1 Å². The van der Waals surface area contributed by atoms with Gasteiger partial charge in [0.25, 0.3) is 0 Å². The highest BCUT2D eigenvalue weighted by atomic mass is 16.5. The van der Waals surface area contributed by atoms with Crippen LogP contribution in [0.3, 0.4) is 0 Å². The van der Waals surface area contributed by atoms with Gasteiger partial charge in [-0.05, 0) is 70.9 Å². The number of nitrogens with one attached hydrogen (secondary N) is 2. The van der Waals surface area contributed by atoms with Gasteiger partial charge in [-0.2, -0.15) is 0 Å². The first kappa shape index (κ1) is 33.6. The van der Waals surface area contributed by atoms with Crippen molar-refractivity contribution in [3.8, 4) is 39.9 Å². The molecule has 0 aliphatic carbocycles. The monoisotopic (exact) mass is 702 g/mol. The van der Waals surface area contributed by atoms with Gasteiger partial charge in [-0.15, -0.1) is 0 Å². The number of hydrogen-bond donors (Lipinski definition) is 6. The summed E-state index contributed by atoms with van der Waals surface area (Å²) in [6, 6.07) is 43.5. The van der Waals surface area contributed by atoms with Gasteiger partial charge < -0.3 is 30.5 Å². The maximum Gasteiger partial charge on any atom is 0.204 e. The summed E-state index contributed by atoms with van der Waals surface area (Å²) >= 11 is 0. The number of benzene rings is 7. The molecule has 1 aliphatic heterocycles. The number of rotatable bonds is 10. The summed E-state index contributed by atoms with van der Waals surface area (Å²) in [5, 5.41) is 52.0. The van der Waals surface area contributed by atoms with E-state index in [-0.39, 0.29) is 5.56 Å². The van der Waals surface area contributed by atoms with E-state index in [1.807, 2.05) is 72.8 Å². The summed E-state index contributed by atoms with van der Waals surface area (Å²) in [5.41, 5.74) is 4.32. The molecule has 264 valence electrons. The molecule has 0 spiro atoms. The Balaban J connectivity index is 1.21. The number of anilines is 1. The second kappa shape index (κ2) is 13.5. The van der Waals surface area contributed by atoms with Gasteiger partial charge in [0.05, 0.1) is 12.4 Å². The van der Waals surface area contributed by atoms with Crippen LogP contribution >= 0.6 is 0 Å². The van der Waals surface area contributed by atoms with Crippen molar-refractivity contribution in [2.24, 2.45) is 4.99 Å².